The van der Waals surface area contributed by atoms with Crippen LogP contribution in [0.4, 0.5) is 34.1 Å². The second kappa shape index (κ2) is 16.6. The summed E-state index contributed by atoms with van der Waals surface area (Å²) in [7, 11) is 0. The molecule has 4 nitrogen and oxygen atoms in total. The van der Waals surface area contributed by atoms with E-state index in [1.807, 2.05) is 0 Å². The lowest BCUT2D eigenvalue weighted by Gasteiger charge is -2.26. The zero-order valence-corrected chi connectivity index (χ0v) is 38.4. The Labute approximate surface area is 398 Å². The van der Waals surface area contributed by atoms with Crippen LogP contribution in [-0.4, -0.2) is 9.13 Å². The topological polar surface area (TPSA) is 16.3 Å². The molecule has 0 radical (unpaired) electrons. The third-order valence-corrected chi connectivity index (χ3v) is 13.5. The molecule has 0 bridgehead atoms. The third kappa shape index (κ3) is 7.00. The van der Waals surface area contributed by atoms with Crippen LogP contribution < -0.4 is 9.80 Å². The molecule has 2 aromatic heterocycles. The van der Waals surface area contributed by atoms with E-state index in [-0.39, 0.29) is 0 Å². The normalized spacial score (nSPS) is 11.5. The molecule has 0 amide bonds. The van der Waals surface area contributed by atoms with Gasteiger partial charge in [0.1, 0.15) is 0 Å². The number of hydrogen-bond acceptors (Lipinski definition) is 2. The smallest absolute Gasteiger partial charge is 0.0542 e. The van der Waals surface area contributed by atoms with Gasteiger partial charge in [0.2, 0.25) is 0 Å². The highest BCUT2D eigenvalue weighted by atomic mass is 127. The van der Waals surface area contributed by atoms with Crippen molar-refractivity contribution in [1.82, 2.24) is 9.13 Å². The van der Waals surface area contributed by atoms with Crippen molar-refractivity contribution in [2.75, 3.05) is 9.80 Å². The minimum atomic E-state index is 1.09. The first-order valence-electron chi connectivity index (χ1n) is 22.4. The van der Waals surface area contributed by atoms with E-state index in [0.717, 1.165) is 56.6 Å². The summed E-state index contributed by atoms with van der Waals surface area (Å²) in [5, 5.41) is 4.91. The maximum atomic E-state index is 2.38. The molecule has 0 unspecified atom stereocenters. The van der Waals surface area contributed by atoms with Gasteiger partial charge in [-0.1, -0.05) is 115 Å². The van der Waals surface area contributed by atoms with Crippen LogP contribution in [0.25, 0.3) is 66.1 Å². The van der Waals surface area contributed by atoms with Crippen LogP contribution in [0.15, 0.2) is 243 Å². The Bertz CT molecular complexity index is 3440. The van der Waals surface area contributed by atoms with Crippen molar-refractivity contribution in [3.63, 3.8) is 0 Å². The number of para-hydroxylation sites is 4. The van der Waals surface area contributed by atoms with Crippen LogP contribution in [0, 0.1) is 10.5 Å². The van der Waals surface area contributed by atoms with Gasteiger partial charge in [0.05, 0.1) is 22.1 Å². The molecule has 0 fully saturated rings. The number of fused-ring (bicyclic) bond motifs is 6. The van der Waals surface area contributed by atoms with E-state index in [0.29, 0.717) is 0 Å². The lowest BCUT2D eigenvalue weighted by Crippen LogP contribution is -2.10. The van der Waals surface area contributed by atoms with E-state index in [1.165, 1.54) is 52.7 Å². The van der Waals surface area contributed by atoms with E-state index in [2.05, 4.69) is 291 Å². The van der Waals surface area contributed by atoms with Crippen molar-refractivity contribution < 1.29 is 0 Å². The molecule has 12 rings (SSSR count). The lowest BCUT2D eigenvalue weighted by molar-refractivity contribution is 1.17. The highest BCUT2D eigenvalue weighted by Crippen LogP contribution is 2.42. The van der Waals surface area contributed by atoms with Crippen LogP contribution in [0.2, 0.25) is 0 Å². The molecule has 0 aliphatic rings. The molecule has 66 heavy (non-hydrogen) atoms. The van der Waals surface area contributed by atoms with Crippen LogP contribution in [-0.2, 0) is 0 Å². The maximum Gasteiger partial charge on any atom is 0.0542 e. The molecule has 12 aromatic rings. The molecular formula is C61H43IN4. The van der Waals surface area contributed by atoms with Gasteiger partial charge in [-0.25, -0.2) is 0 Å². The standard InChI is InChI=1S/C61H43IN4/c1-42-20-28-50(29-21-42)65-58-18-10-8-16-54(58)56-40-52(36-38-60(56)65)63(46-12-4-2-5-13-46)48-30-22-43(23-31-48)44-24-32-49(33-25-44)64(47-14-6-3-7-15-47)53-37-39-61-57(41-53)55-17-9-11-19-59(55)66(61)51-34-26-45(62)27-35-51/h2-41H,1H3. The quantitative estimate of drug-likeness (QED) is 0.134. The molecule has 2 heterocycles. The average molecular weight is 959 g/mol. The highest BCUT2D eigenvalue weighted by molar-refractivity contribution is 14.1. The van der Waals surface area contributed by atoms with Gasteiger partial charge in [0.15, 0.2) is 0 Å². The SMILES string of the molecule is Cc1ccc(-n2c3ccccc3c3cc(N(c4ccccc4)c4ccc(-c5ccc(N(c6ccccc6)c6ccc7c(c6)c6ccccc6n7-c6ccc(I)cc6)cc5)cc4)ccc32)cc1. The Balaban J connectivity index is 0.898. The molecule has 0 N–H and O–H groups in total. The molecule has 10 aromatic carbocycles. The number of aromatic nitrogens is 2. The zero-order valence-electron chi connectivity index (χ0n) is 36.3. The summed E-state index contributed by atoms with van der Waals surface area (Å²) < 4.78 is 5.98. The Morgan fingerprint density at radius 2 is 0.652 bits per heavy atom. The van der Waals surface area contributed by atoms with Crippen molar-refractivity contribution in [3.8, 4) is 22.5 Å². The van der Waals surface area contributed by atoms with Crippen molar-refractivity contribution >= 4 is 100 Å². The first kappa shape index (κ1) is 39.7. The second-order valence-electron chi connectivity index (χ2n) is 16.9. The summed E-state index contributed by atoms with van der Waals surface area (Å²) >= 11 is 2.37. The van der Waals surface area contributed by atoms with Crippen LogP contribution in [0.1, 0.15) is 5.56 Å². The van der Waals surface area contributed by atoms with Crippen LogP contribution in [0.5, 0.6) is 0 Å². The number of hydrogen-bond donors (Lipinski definition) is 0. The summed E-state index contributed by atoms with van der Waals surface area (Å²) in [4.78, 5) is 4.72. The fourth-order valence-electron chi connectivity index (χ4n) is 9.69. The van der Waals surface area contributed by atoms with Gasteiger partial charge in [-0.15, -0.1) is 0 Å². The fraction of sp³-hybridized carbons (Fsp3) is 0.0164. The molecule has 0 atom stereocenters. The van der Waals surface area contributed by atoms with E-state index >= 15 is 0 Å². The number of benzene rings is 10. The molecule has 0 spiro atoms. The van der Waals surface area contributed by atoms with E-state index in [4.69, 9.17) is 0 Å². The molecular weight excluding hydrogens is 916 g/mol. The van der Waals surface area contributed by atoms with Crippen molar-refractivity contribution in [3.05, 3.63) is 252 Å². The van der Waals surface area contributed by atoms with E-state index in [9.17, 15) is 0 Å². The van der Waals surface area contributed by atoms with Crippen molar-refractivity contribution in [2.45, 2.75) is 6.92 Å². The summed E-state index contributed by atoms with van der Waals surface area (Å²) in [6.07, 6.45) is 0. The van der Waals surface area contributed by atoms with Gasteiger partial charge >= 0.3 is 0 Å². The Hall–Kier alpha value is -7.87. The highest BCUT2D eigenvalue weighted by Gasteiger charge is 2.20. The van der Waals surface area contributed by atoms with Crippen LogP contribution in [0.3, 0.4) is 0 Å². The minimum Gasteiger partial charge on any atom is -0.310 e. The van der Waals surface area contributed by atoms with Gasteiger partial charge in [0, 0.05) is 70.6 Å². The number of halogens is 1. The Morgan fingerprint density at radius 3 is 1.09 bits per heavy atom. The Kier molecular flexibility index (Phi) is 9.99. The largest absolute Gasteiger partial charge is 0.310 e. The van der Waals surface area contributed by atoms with Crippen LogP contribution >= 0.6 is 22.6 Å². The monoisotopic (exact) mass is 958 g/mol. The van der Waals surface area contributed by atoms with Gasteiger partial charge in [-0.05, 0) is 174 Å². The molecule has 0 saturated heterocycles. The molecule has 0 aliphatic heterocycles. The second-order valence-corrected chi connectivity index (χ2v) is 18.1. The predicted octanol–water partition coefficient (Wildman–Crippen LogP) is 17.4. The summed E-state index contributed by atoms with van der Waals surface area (Å²) in [6, 6.07) is 88.1. The summed E-state index contributed by atoms with van der Waals surface area (Å²) in [6.45, 7) is 2.14. The average Bonchev–Trinajstić information content (AvgIpc) is 3.88. The zero-order chi connectivity index (χ0) is 44.1. The molecule has 314 valence electrons. The van der Waals surface area contributed by atoms with E-state index < -0.39 is 0 Å². The lowest BCUT2D eigenvalue weighted by atomic mass is 10.0. The van der Waals surface area contributed by atoms with Gasteiger partial charge in [-0.3, -0.25) is 0 Å². The molecule has 5 heteroatoms. The number of aryl methyl sites for hydroxylation is 1. The third-order valence-electron chi connectivity index (χ3n) is 12.8. The maximum absolute atomic E-state index is 2.38. The fourth-order valence-corrected chi connectivity index (χ4v) is 10.1. The predicted molar refractivity (Wildman–Crippen MR) is 287 cm³/mol. The Morgan fingerprint density at radius 1 is 0.303 bits per heavy atom. The number of nitrogens with zero attached hydrogens (tertiary/aromatic N) is 4. The van der Waals surface area contributed by atoms with E-state index in [1.54, 1.807) is 0 Å². The minimum absolute atomic E-state index is 1.09. The first-order valence-corrected chi connectivity index (χ1v) is 23.4. The summed E-state index contributed by atoms with van der Waals surface area (Å²) in [5.41, 5.74) is 17.3. The van der Waals surface area contributed by atoms with Crippen molar-refractivity contribution in [2.24, 2.45) is 0 Å². The van der Waals surface area contributed by atoms with Gasteiger partial charge in [0.25, 0.3) is 0 Å². The summed E-state index contributed by atoms with van der Waals surface area (Å²) in [5.74, 6) is 0. The first-order chi connectivity index (χ1) is 32.6. The van der Waals surface area contributed by atoms with Gasteiger partial charge < -0.3 is 18.9 Å². The number of rotatable bonds is 9. The molecule has 0 saturated carbocycles. The van der Waals surface area contributed by atoms with Gasteiger partial charge in [-0.2, -0.15) is 0 Å². The van der Waals surface area contributed by atoms with Crippen molar-refractivity contribution in [1.29, 1.82) is 0 Å². The molecule has 0 aliphatic carbocycles. The number of anilines is 6.